The summed E-state index contributed by atoms with van der Waals surface area (Å²) >= 11 is 1.46. The number of nitrogens with zero attached hydrogens (tertiary/aromatic N) is 3. The lowest BCUT2D eigenvalue weighted by Crippen LogP contribution is -2.40. The molecule has 0 unspecified atom stereocenters. The van der Waals surface area contributed by atoms with Crippen molar-refractivity contribution in [2.75, 3.05) is 58.3 Å². The van der Waals surface area contributed by atoms with Crippen molar-refractivity contribution in [3.05, 3.63) is 45.8 Å². The first-order valence-corrected chi connectivity index (χ1v) is 15.1. The average molecular weight is 549 g/mol. The van der Waals surface area contributed by atoms with E-state index < -0.39 is 10.0 Å². The Morgan fingerprint density at radius 3 is 2.32 bits per heavy atom. The molecular weight excluding hydrogens is 512 g/mol. The molecule has 2 aliphatic rings. The zero-order valence-corrected chi connectivity index (χ0v) is 23.4. The van der Waals surface area contributed by atoms with E-state index in [1.165, 1.54) is 39.9 Å². The van der Waals surface area contributed by atoms with Gasteiger partial charge in [-0.25, -0.2) is 8.42 Å². The number of carbonyl (C=O) groups excluding carboxylic acids is 2. The largest absolute Gasteiger partial charge is 0.379 e. The molecule has 0 bridgehead atoms. The summed E-state index contributed by atoms with van der Waals surface area (Å²) in [5.41, 5.74) is 1.98. The van der Waals surface area contributed by atoms with Crippen LogP contribution >= 0.6 is 11.3 Å². The van der Waals surface area contributed by atoms with Crippen molar-refractivity contribution >= 4 is 38.2 Å². The van der Waals surface area contributed by atoms with Crippen LogP contribution < -0.4 is 5.32 Å². The van der Waals surface area contributed by atoms with E-state index in [-0.39, 0.29) is 16.7 Å². The summed E-state index contributed by atoms with van der Waals surface area (Å²) in [6, 6.07) is 5.96. The number of carbonyl (C=O) groups is 2. The quantitative estimate of drug-likeness (QED) is 0.517. The van der Waals surface area contributed by atoms with Gasteiger partial charge in [-0.1, -0.05) is 13.8 Å². The second kappa shape index (κ2) is 12.0. The average Bonchev–Trinajstić information content (AvgIpc) is 3.25. The van der Waals surface area contributed by atoms with E-state index in [4.69, 9.17) is 4.74 Å². The number of thiophene rings is 1. The minimum absolute atomic E-state index is 0.0343. The first-order valence-electron chi connectivity index (χ1n) is 12.9. The number of rotatable bonds is 9. The number of fused-ring (bicyclic) bond motifs is 1. The van der Waals surface area contributed by atoms with Crippen molar-refractivity contribution in [2.24, 2.45) is 0 Å². The highest BCUT2D eigenvalue weighted by molar-refractivity contribution is 7.89. The summed E-state index contributed by atoms with van der Waals surface area (Å²) in [6.45, 7) is 8.42. The lowest BCUT2D eigenvalue weighted by Gasteiger charge is -2.26. The number of likely N-dealkylation sites (N-methyl/N-ethyl adjacent to an activating group) is 1. The molecule has 0 spiro atoms. The first kappa shape index (κ1) is 27.7. The fourth-order valence-corrected chi connectivity index (χ4v) is 7.47. The molecule has 2 aliphatic heterocycles. The molecule has 0 saturated carbocycles. The highest BCUT2D eigenvalue weighted by Crippen LogP contribution is 2.38. The van der Waals surface area contributed by atoms with Gasteiger partial charge < -0.3 is 19.9 Å². The third-order valence-corrected chi connectivity index (χ3v) is 9.73. The van der Waals surface area contributed by atoms with Crippen molar-refractivity contribution < 1.29 is 22.7 Å². The molecule has 0 atom stereocenters. The molecule has 37 heavy (non-hydrogen) atoms. The molecule has 2 amide bonds. The predicted molar refractivity (Wildman–Crippen MR) is 145 cm³/mol. The Bertz CT molecular complexity index is 1210. The van der Waals surface area contributed by atoms with Crippen molar-refractivity contribution in [2.45, 2.75) is 44.6 Å². The van der Waals surface area contributed by atoms with Gasteiger partial charge in [0.15, 0.2) is 0 Å². The maximum absolute atomic E-state index is 13.7. The lowest BCUT2D eigenvalue weighted by atomic mass is 10.0. The number of sulfonamides is 1. The molecule has 9 nitrogen and oxygen atoms in total. The summed E-state index contributed by atoms with van der Waals surface area (Å²) < 4.78 is 32.5. The fraction of sp³-hybridized carbons (Fsp3) is 0.538. The van der Waals surface area contributed by atoms with Crippen LogP contribution in [0.4, 0.5) is 5.00 Å². The minimum Gasteiger partial charge on any atom is -0.379 e. The van der Waals surface area contributed by atoms with Gasteiger partial charge in [-0.3, -0.25) is 9.59 Å². The van der Waals surface area contributed by atoms with Crippen molar-refractivity contribution in [1.29, 1.82) is 0 Å². The summed E-state index contributed by atoms with van der Waals surface area (Å²) in [7, 11) is -1.59. The third kappa shape index (κ3) is 6.06. The maximum Gasteiger partial charge on any atom is 0.257 e. The standard InChI is InChI=1S/C26H36N4O5S2/c1-4-11-29(12-5-2)26(32)23-21-10-13-28(3)18-22(21)36-25(23)27-24(31)19-6-8-20(9-7-19)37(33,34)30-14-16-35-17-15-30/h6-9H,4-5,10-18H2,1-3H3,(H,27,31). The van der Waals surface area contributed by atoms with Gasteiger partial charge in [0.1, 0.15) is 5.00 Å². The van der Waals surface area contributed by atoms with E-state index in [0.29, 0.717) is 55.5 Å². The zero-order valence-electron chi connectivity index (χ0n) is 21.8. The van der Waals surface area contributed by atoms with Gasteiger partial charge >= 0.3 is 0 Å². The normalized spacial score (nSPS) is 16.8. The zero-order chi connectivity index (χ0) is 26.6. The van der Waals surface area contributed by atoms with Crippen LogP contribution in [0.5, 0.6) is 0 Å². The van der Waals surface area contributed by atoms with Crippen LogP contribution in [0.25, 0.3) is 0 Å². The summed E-state index contributed by atoms with van der Waals surface area (Å²) in [5, 5.41) is 3.54. The van der Waals surface area contributed by atoms with Crippen LogP contribution in [0, 0.1) is 0 Å². The molecule has 1 fully saturated rings. The summed E-state index contributed by atoms with van der Waals surface area (Å²) in [4.78, 5) is 32.2. The molecule has 2 aromatic rings. The van der Waals surface area contributed by atoms with E-state index in [2.05, 4.69) is 31.1 Å². The number of amides is 2. The Kier molecular flexibility index (Phi) is 9.02. The number of hydrogen-bond acceptors (Lipinski definition) is 7. The Morgan fingerprint density at radius 1 is 1.05 bits per heavy atom. The third-order valence-electron chi connectivity index (χ3n) is 6.69. The molecule has 1 saturated heterocycles. The van der Waals surface area contributed by atoms with Crippen LogP contribution in [0.1, 0.15) is 57.8 Å². The molecule has 1 aromatic heterocycles. The maximum atomic E-state index is 13.7. The molecule has 1 aromatic carbocycles. The van der Waals surface area contributed by atoms with Gasteiger partial charge in [-0.05, 0) is 56.1 Å². The van der Waals surface area contributed by atoms with Crippen molar-refractivity contribution in [3.8, 4) is 0 Å². The second-order valence-electron chi connectivity index (χ2n) is 9.48. The van der Waals surface area contributed by atoms with E-state index in [1.807, 2.05) is 4.90 Å². The highest BCUT2D eigenvalue weighted by Gasteiger charge is 2.31. The molecule has 4 rings (SSSR count). The van der Waals surface area contributed by atoms with Gasteiger partial charge in [-0.15, -0.1) is 11.3 Å². The number of morpholine rings is 1. The van der Waals surface area contributed by atoms with Crippen LogP contribution in [0.2, 0.25) is 0 Å². The predicted octanol–water partition coefficient (Wildman–Crippen LogP) is 3.27. The number of ether oxygens (including phenoxy) is 1. The van der Waals surface area contributed by atoms with Gasteiger partial charge in [0, 0.05) is 49.7 Å². The number of nitrogens with one attached hydrogen (secondary N) is 1. The number of anilines is 1. The Labute approximate surface area is 223 Å². The van der Waals surface area contributed by atoms with Crippen molar-refractivity contribution in [1.82, 2.24) is 14.1 Å². The van der Waals surface area contributed by atoms with Gasteiger partial charge in [0.05, 0.1) is 23.7 Å². The second-order valence-corrected chi connectivity index (χ2v) is 12.5. The summed E-state index contributed by atoms with van der Waals surface area (Å²) in [5.74, 6) is -0.401. The number of hydrogen-bond donors (Lipinski definition) is 1. The topological polar surface area (TPSA) is 99.3 Å². The van der Waals surface area contributed by atoms with Crippen molar-refractivity contribution in [3.63, 3.8) is 0 Å². The lowest BCUT2D eigenvalue weighted by molar-refractivity contribution is 0.0730. The first-order chi connectivity index (χ1) is 17.8. The Balaban J connectivity index is 1.59. The molecule has 0 aliphatic carbocycles. The molecule has 11 heteroatoms. The number of benzene rings is 1. The van der Waals surface area contributed by atoms with Crippen LogP contribution in [0.15, 0.2) is 29.2 Å². The van der Waals surface area contributed by atoms with E-state index >= 15 is 0 Å². The Morgan fingerprint density at radius 2 is 1.70 bits per heavy atom. The van der Waals surface area contributed by atoms with Crippen LogP contribution in [0.3, 0.4) is 0 Å². The fourth-order valence-electron chi connectivity index (χ4n) is 4.75. The minimum atomic E-state index is -3.64. The molecule has 1 N–H and O–H groups in total. The van der Waals surface area contributed by atoms with E-state index in [9.17, 15) is 18.0 Å². The van der Waals surface area contributed by atoms with Gasteiger partial charge in [0.2, 0.25) is 10.0 Å². The SMILES string of the molecule is CCCN(CCC)C(=O)c1c(NC(=O)c2ccc(S(=O)(=O)N3CCOCC3)cc2)sc2c1CCN(C)C2. The van der Waals surface area contributed by atoms with E-state index in [0.717, 1.165) is 42.8 Å². The van der Waals surface area contributed by atoms with Crippen LogP contribution in [-0.2, 0) is 27.7 Å². The van der Waals surface area contributed by atoms with E-state index in [1.54, 1.807) is 0 Å². The molecule has 0 radical (unpaired) electrons. The van der Waals surface area contributed by atoms with Gasteiger partial charge in [-0.2, -0.15) is 4.31 Å². The van der Waals surface area contributed by atoms with Gasteiger partial charge in [0.25, 0.3) is 11.8 Å². The molecule has 202 valence electrons. The molecular formula is C26H36N4O5S2. The van der Waals surface area contributed by atoms with Crippen LogP contribution in [-0.4, -0.2) is 87.3 Å². The molecule has 3 heterocycles. The highest BCUT2D eigenvalue weighted by atomic mass is 32.2. The smallest absolute Gasteiger partial charge is 0.257 e. The monoisotopic (exact) mass is 548 g/mol. The summed E-state index contributed by atoms with van der Waals surface area (Å²) in [6.07, 6.45) is 2.49. The Hall–Kier alpha value is -2.31.